The van der Waals surface area contributed by atoms with Gasteiger partial charge in [-0.15, -0.1) is 0 Å². The molecule has 2 amide bonds. The van der Waals surface area contributed by atoms with Crippen LogP contribution in [0, 0.1) is 11.8 Å². The van der Waals surface area contributed by atoms with Gasteiger partial charge in [0, 0.05) is 48.0 Å². The third-order valence-electron chi connectivity index (χ3n) is 6.84. The molecule has 6 heteroatoms. The largest absolute Gasteiger partial charge is 0.398 e. The highest BCUT2D eigenvalue weighted by atomic mass is 16.2. The van der Waals surface area contributed by atoms with Crippen LogP contribution in [0.2, 0.25) is 0 Å². The lowest BCUT2D eigenvalue weighted by Gasteiger charge is -2.46. The molecule has 1 aliphatic heterocycles. The van der Waals surface area contributed by atoms with Crippen molar-refractivity contribution in [1.29, 1.82) is 0 Å². The molecular weight excluding hydrogens is 364 g/mol. The maximum absolute atomic E-state index is 13.5. The molecule has 1 saturated heterocycles. The predicted molar refractivity (Wildman–Crippen MR) is 114 cm³/mol. The normalized spacial score (nSPS) is 22.8. The molecule has 1 aromatic heterocycles. The van der Waals surface area contributed by atoms with Crippen LogP contribution in [-0.4, -0.2) is 51.8 Å². The molecule has 154 valence electrons. The Hall–Kier alpha value is -2.63. The topological polar surface area (TPSA) is 79.5 Å². The number of fused-ring (bicyclic) bond motifs is 2. The molecule has 1 aromatic carbocycles. The molecule has 2 aromatic rings. The van der Waals surface area contributed by atoms with Gasteiger partial charge in [-0.05, 0) is 48.8 Å². The van der Waals surface area contributed by atoms with Crippen LogP contribution in [0.3, 0.4) is 0 Å². The van der Waals surface area contributed by atoms with Crippen LogP contribution in [0.1, 0.15) is 50.4 Å². The number of benzene rings is 1. The van der Waals surface area contributed by atoms with Crippen molar-refractivity contribution in [2.75, 3.05) is 18.8 Å². The molecule has 2 fully saturated rings. The minimum absolute atomic E-state index is 0.00652. The average molecular weight is 395 g/mol. The molecule has 3 atom stereocenters. The van der Waals surface area contributed by atoms with Crippen LogP contribution in [0.15, 0.2) is 30.6 Å². The van der Waals surface area contributed by atoms with E-state index in [-0.39, 0.29) is 29.8 Å². The highest BCUT2D eigenvalue weighted by molar-refractivity contribution is 6.09. The fraction of sp³-hybridized carbons (Fsp3) is 0.522. The number of rotatable bonds is 3. The second-order valence-electron chi connectivity index (χ2n) is 8.75. The first-order valence-corrected chi connectivity index (χ1v) is 10.6. The van der Waals surface area contributed by atoms with Crippen molar-refractivity contribution in [2.45, 2.75) is 52.1 Å². The maximum atomic E-state index is 13.5. The molecule has 2 N–H and O–H groups in total. The monoisotopic (exact) mass is 394 g/mol. The van der Waals surface area contributed by atoms with Crippen LogP contribution in [0.5, 0.6) is 0 Å². The van der Waals surface area contributed by atoms with Crippen molar-refractivity contribution in [2.24, 2.45) is 11.8 Å². The lowest BCUT2D eigenvalue weighted by Crippen LogP contribution is -2.61. The molecule has 0 spiro atoms. The smallest absolute Gasteiger partial charge is 0.254 e. The lowest BCUT2D eigenvalue weighted by molar-refractivity contribution is -0.142. The number of nitrogens with zero attached hydrogens (tertiary/aromatic N) is 3. The van der Waals surface area contributed by atoms with E-state index in [1.165, 1.54) is 0 Å². The summed E-state index contributed by atoms with van der Waals surface area (Å²) in [6.07, 6.45) is 6.37. The van der Waals surface area contributed by atoms with Gasteiger partial charge in [0.05, 0.1) is 12.1 Å². The number of carbonyl (C=O) groups excluding carboxylic acids is 2. The Balaban J connectivity index is 1.62. The first-order valence-electron chi connectivity index (χ1n) is 10.6. The molecular formula is C23H30N4O2. The SMILES string of the molecule is CC(C)C(C)C(=O)N1CCN(C(=O)c2ccc(N)c3cnccc23)[C@@H]2CCC[C@@H]21. The summed E-state index contributed by atoms with van der Waals surface area (Å²) >= 11 is 0. The molecule has 0 bridgehead atoms. The van der Waals surface area contributed by atoms with Crippen LogP contribution < -0.4 is 5.73 Å². The van der Waals surface area contributed by atoms with Gasteiger partial charge in [0.15, 0.2) is 0 Å². The summed E-state index contributed by atoms with van der Waals surface area (Å²) < 4.78 is 0. The van der Waals surface area contributed by atoms with Gasteiger partial charge in [-0.3, -0.25) is 14.6 Å². The third-order valence-corrected chi connectivity index (χ3v) is 6.84. The number of anilines is 1. The van der Waals surface area contributed by atoms with Crippen molar-refractivity contribution < 1.29 is 9.59 Å². The second-order valence-corrected chi connectivity index (χ2v) is 8.75. The van der Waals surface area contributed by atoms with Gasteiger partial charge in [-0.2, -0.15) is 0 Å². The molecule has 4 rings (SSSR count). The molecule has 1 aliphatic carbocycles. The molecule has 1 unspecified atom stereocenters. The number of nitrogen functional groups attached to an aromatic ring is 1. The quantitative estimate of drug-likeness (QED) is 0.810. The molecule has 0 radical (unpaired) electrons. The molecule has 6 nitrogen and oxygen atoms in total. The van der Waals surface area contributed by atoms with Gasteiger partial charge in [-0.25, -0.2) is 0 Å². The number of aromatic nitrogens is 1. The molecule has 2 aliphatic rings. The van der Waals surface area contributed by atoms with Gasteiger partial charge in [0.2, 0.25) is 5.91 Å². The average Bonchev–Trinajstić information content (AvgIpc) is 3.22. The molecule has 1 saturated carbocycles. The number of nitrogens with two attached hydrogens (primary N) is 1. The summed E-state index contributed by atoms with van der Waals surface area (Å²) in [4.78, 5) is 34.8. The lowest BCUT2D eigenvalue weighted by atomic mass is 9.94. The maximum Gasteiger partial charge on any atom is 0.254 e. The van der Waals surface area contributed by atoms with Crippen LogP contribution >= 0.6 is 0 Å². The van der Waals surface area contributed by atoms with E-state index in [0.29, 0.717) is 30.3 Å². The number of carbonyl (C=O) groups is 2. The Morgan fingerprint density at radius 1 is 1.03 bits per heavy atom. The van der Waals surface area contributed by atoms with E-state index in [0.717, 1.165) is 30.0 Å². The summed E-state index contributed by atoms with van der Waals surface area (Å²) in [5.41, 5.74) is 7.38. The van der Waals surface area contributed by atoms with Gasteiger partial charge >= 0.3 is 0 Å². The minimum atomic E-state index is 0.00652. The van der Waals surface area contributed by atoms with E-state index in [1.54, 1.807) is 18.5 Å². The Kier molecular flexibility index (Phi) is 5.19. The number of pyridine rings is 1. The van der Waals surface area contributed by atoms with Crippen molar-refractivity contribution in [3.05, 3.63) is 36.2 Å². The molecule has 2 heterocycles. The summed E-state index contributed by atoms with van der Waals surface area (Å²) in [7, 11) is 0. The van der Waals surface area contributed by atoms with Crippen molar-refractivity contribution >= 4 is 28.3 Å². The van der Waals surface area contributed by atoms with E-state index >= 15 is 0 Å². The Labute approximate surface area is 172 Å². The second kappa shape index (κ2) is 7.65. The van der Waals surface area contributed by atoms with Crippen molar-refractivity contribution in [1.82, 2.24) is 14.8 Å². The fourth-order valence-corrected chi connectivity index (χ4v) is 4.82. The standard InChI is InChI=1S/C23H30N4O2/c1-14(2)15(3)22(28)26-11-12-27(21-6-4-5-20(21)26)23(29)17-7-8-19(24)18-13-25-10-9-16(17)18/h7-10,13-15,20-21H,4-6,11-12,24H2,1-3H3/t15?,20-,21+/m0/s1. The van der Waals surface area contributed by atoms with Crippen LogP contribution in [0.25, 0.3) is 10.8 Å². The van der Waals surface area contributed by atoms with Crippen molar-refractivity contribution in [3.8, 4) is 0 Å². The summed E-state index contributed by atoms with van der Waals surface area (Å²) in [6.45, 7) is 7.39. The van der Waals surface area contributed by atoms with E-state index in [1.807, 2.05) is 24.0 Å². The summed E-state index contributed by atoms with van der Waals surface area (Å²) in [6, 6.07) is 5.68. The number of piperazine rings is 1. The first-order chi connectivity index (χ1) is 13.9. The first kappa shape index (κ1) is 19.7. The zero-order chi connectivity index (χ0) is 20.7. The number of hydrogen-bond acceptors (Lipinski definition) is 4. The Bertz CT molecular complexity index is 942. The third kappa shape index (κ3) is 3.34. The van der Waals surface area contributed by atoms with E-state index in [9.17, 15) is 9.59 Å². The van der Waals surface area contributed by atoms with Gasteiger partial charge < -0.3 is 15.5 Å². The van der Waals surface area contributed by atoms with E-state index in [2.05, 4.69) is 23.7 Å². The van der Waals surface area contributed by atoms with Gasteiger partial charge in [-0.1, -0.05) is 20.8 Å². The van der Waals surface area contributed by atoms with Crippen LogP contribution in [-0.2, 0) is 4.79 Å². The fourth-order valence-electron chi connectivity index (χ4n) is 4.82. The van der Waals surface area contributed by atoms with Gasteiger partial charge in [0.1, 0.15) is 0 Å². The summed E-state index contributed by atoms with van der Waals surface area (Å²) in [5.74, 6) is 0.582. The highest BCUT2D eigenvalue weighted by Crippen LogP contribution is 2.35. The Morgan fingerprint density at radius 2 is 1.72 bits per heavy atom. The van der Waals surface area contributed by atoms with Crippen LogP contribution in [0.4, 0.5) is 5.69 Å². The predicted octanol–water partition coefficient (Wildman–Crippen LogP) is 3.31. The van der Waals surface area contributed by atoms with Gasteiger partial charge in [0.25, 0.3) is 5.91 Å². The number of amides is 2. The van der Waals surface area contributed by atoms with Crippen molar-refractivity contribution in [3.63, 3.8) is 0 Å². The molecule has 29 heavy (non-hydrogen) atoms. The minimum Gasteiger partial charge on any atom is -0.398 e. The zero-order valence-electron chi connectivity index (χ0n) is 17.5. The summed E-state index contributed by atoms with van der Waals surface area (Å²) in [5, 5.41) is 1.65. The van der Waals surface area contributed by atoms with E-state index < -0.39 is 0 Å². The Morgan fingerprint density at radius 3 is 2.45 bits per heavy atom. The zero-order valence-corrected chi connectivity index (χ0v) is 17.5. The highest BCUT2D eigenvalue weighted by Gasteiger charge is 2.44. The van der Waals surface area contributed by atoms with E-state index in [4.69, 9.17) is 5.73 Å². The number of hydrogen-bond donors (Lipinski definition) is 1.